The Balaban J connectivity index is 1.92. The molecule has 1 aliphatic carbocycles. The summed E-state index contributed by atoms with van der Waals surface area (Å²) >= 11 is 1.78. The first-order valence-electron chi connectivity index (χ1n) is 5.87. The van der Waals surface area contributed by atoms with Gasteiger partial charge in [0, 0.05) is 17.7 Å². The summed E-state index contributed by atoms with van der Waals surface area (Å²) in [5, 5.41) is 4.53. The van der Waals surface area contributed by atoms with E-state index in [-0.39, 0.29) is 11.9 Å². The Kier molecular flexibility index (Phi) is 3.42. The molecule has 0 bridgehead atoms. The summed E-state index contributed by atoms with van der Waals surface area (Å²) in [4.78, 5) is 15.3. The number of amides is 1. The van der Waals surface area contributed by atoms with Gasteiger partial charge >= 0.3 is 0 Å². The zero-order valence-corrected chi connectivity index (χ0v) is 10.5. The number of nitrogens with two attached hydrogens (primary N) is 1. The summed E-state index contributed by atoms with van der Waals surface area (Å²) in [6.07, 6.45) is 5.47. The van der Waals surface area contributed by atoms with Gasteiger partial charge in [-0.25, -0.2) is 0 Å². The fourth-order valence-electron chi connectivity index (χ4n) is 2.43. The van der Waals surface area contributed by atoms with Gasteiger partial charge < -0.3 is 11.1 Å². The average Bonchev–Trinajstić information content (AvgIpc) is 2.76. The first-order chi connectivity index (χ1) is 7.60. The number of carbonyl (C=O) groups excluding carboxylic acids is 1. The Labute approximate surface area is 100 Å². The van der Waals surface area contributed by atoms with Crippen LogP contribution in [0.4, 0.5) is 0 Å². The first kappa shape index (κ1) is 11.8. The summed E-state index contributed by atoms with van der Waals surface area (Å²) in [5.74, 6) is 0.838. The Bertz CT molecular complexity index is 310. The molecule has 16 heavy (non-hydrogen) atoms. The van der Waals surface area contributed by atoms with Crippen LogP contribution in [0.2, 0.25) is 0 Å². The molecule has 4 nitrogen and oxygen atoms in total. The third-order valence-corrected chi connectivity index (χ3v) is 4.43. The number of thioether (sulfide) groups is 1. The van der Waals surface area contributed by atoms with Gasteiger partial charge in [-0.05, 0) is 19.8 Å². The summed E-state index contributed by atoms with van der Waals surface area (Å²) in [7, 11) is 0. The van der Waals surface area contributed by atoms with Crippen molar-refractivity contribution in [3.05, 3.63) is 0 Å². The largest absolute Gasteiger partial charge is 0.370 e. The second kappa shape index (κ2) is 4.65. The van der Waals surface area contributed by atoms with Crippen LogP contribution < -0.4 is 11.1 Å². The van der Waals surface area contributed by atoms with E-state index in [9.17, 15) is 4.79 Å². The van der Waals surface area contributed by atoms with Crippen molar-refractivity contribution in [1.29, 1.82) is 0 Å². The summed E-state index contributed by atoms with van der Waals surface area (Å²) in [6.45, 7) is 1.93. The van der Waals surface area contributed by atoms with Gasteiger partial charge in [0.15, 0.2) is 5.17 Å². The van der Waals surface area contributed by atoms with E-state index in [1.165, 1.54) is 25.7 Å². The van der Waals surface area contributed by atoms with Gasteiger partial charge in [-0.3, -0.25) is 9.79 Å². The Morgan fingerprint density at radius 3 is 2.94 bits per heavy atom. The minimum Gasteiger partial charge on any atom is -0.370 e. The van der Waals surface area contributed by atoms with E-state index >= 15 is 0 Å². The van der Waals surface area contributed by atoms with Crippen molar-refractivity contribution < 1.29 is 4.79 Å². The third kappa shape index (κ3) is 2.70. The molecule has 2 aliphatic rings. The van der Waals surface area contributed by atoms with Crippen molar-refractivity contribution in [2.24, 2.45) is 10.7 Å². The van der Waals surface area contributed by atoms with Crippen molar-refractivity contribution in [2.75, 3.05) is 5.75 Å². The van der Waals surface area contributed by atoms with E-state index in [4.69, 9.17) is 5.73 Å². The highest BCUT2D eigenvalue weighted by atomic mass is 32.2. The second-order valence-corrected chi connectivity index (χ2v) is 5.82. The van der Waals surface area contributed by atoms with Gasteiger partial charge in [0.05, 0.1) is 6.04 Å². The molecule has 1 spiro atoms. The van der Waals surface area contributed by atoms with Gasteiger partial charge in [0.2, 0.25) is 5.91 Å². The smallest absolute Gasteiger partial charge is 0.219 e. The van der Waals surface area contributed by atoms with E-state index in [0.717, 1.165) is 10.9 Å². The second-order valence-electron chi connectivity index (χ2n) is 4.85. The molecule has 90 valence electrons. The Hall–Kier alpha value is -0.710. The van der Waals surface area contributed by atoms with Gasteiger partial charge in [0.25, 0.3) is 0 Å². The van der Waals surface area contributed by atoms with E-state index in [0.29, 0.717) is 12.0 Å². The lowest BCUT2D eigenvalue weighted by atomic mass is 10.0. The number of hydrogen-bond acceptors (Lipinski definition) is 3. The predicted molar refractivity (Wildman–Crippen MR) is 67.5 cm³/mol. The zero-order chi connectivity index (χ0) is 11.6. The number of rotatable bonds is 3. The molecule has 1 saturated heterocycles. The SMILES string of the molecule is CC(CC(N)=O)N=C1NC2(CCCC2)CS1. The highest BCUT2D eigenvalue weighted by molar-refractivity contribution is 8.14. The Morgan fingerprint density at radius 2 is 2.31 bits per heavy atom. The van der Waals surface area contributed by atoms with Crippen molar-refractivity contribution >= 4 is 22.8 Å². The molecule has 0 aromatic rings. The average molecular weight is 241 g/mol. The van der Waals surface area contributed by atoms with Gasteiger partial charge in [0.1, 0.15) is 0 Å². The molecule has 1 saturated carbocycles. The minimum atomic E-state index is -0.282. The first-order valence-corrected chi connectivity index (χ1v) is 6.85. The van der Waals surface area contributed by atoms with Crippen LogP contribution in [0.5, 0.6) is 0 Å². The molecule has 3 N–H and O–H groups in total. The van der Waals surface area contributed by atoms with Crippen LogP contribution in [0, 0.1) is 0 Å². The predicted octanol–water partition coefficient (Wildman–Crippen LogP) is 1.26. The third-order valence-electron chi connectivity index (χ3n) is 3.25. The number of nitrogens with one attached hydrogen (secondary N) is 1. The number of aliphatic imine (C=N–C) groups is 1. The Morgan fingerprint density at radius 1 is 1.62 bits per heavy atom. The molecule has 1 heterocycles. The van der Waals surface area contributed by atoms with E-state index in [1.54, 1.807) is 11.8 Å². The van der Waals surface area contributed by atoms with Crippen molar-refractivity contribution in [1.82, 2.24) is 5.32 Å². The maximum absolute atomic E-state index is 10.8. The lowest BCUT2D eigenvalue weighted by Crippen LogP contribution is -2.41. The molecule has 1 atom stereocenters. The number of nitrogens with zero attached hydrogens (tertiary/aromatic N) is 1. The molecule has 5 heteroatoms. The zero-order valence-electron chi connectivity index (χ0n) is 9.66. The highest BCUT2D eigenvalue weighted by Gasteiger charge is 2.39. The molecule has 2 fully saturated rings. The van der Waals surface area contributed by atoms with Crippen LogP contribution in [0.3, 0.4) is 0 Å². The highest BCUT2D eigenvalue weighted by Crippen LogP contribution is 2.37. The van der Waals surface area contributed by atoms with Gasteiger partial charge in [-0.2, -0.15) is 0 Å². The van der Waals surface area contributed by atoms with Gasteiger partial charge in [-0.15, -0.1) is 0 Å². The molecule has 0 aromatic heterocycles. The van der Waals surface area contributed by atoms with Crippen LogP contribution in [0.25, 0.3) is 0 Å². The van der Waals surface area contributed by atoms with E-state index < -0.39 is 0 Å². The molecule has 0 aromatic carbocycles. The normalized spacial score (nSPS) is 27.2. The van der Waals surface area contributed by atoms with Crippen LogP contribution in [-0.2, 0) is 4.79 Å². The monoisotopic (exact) mass is 241 g/mol. The minimum absolute atomic E-state index is 0.0101. The van der Waals surface area contributed by atoms with Crippen molar-refractivity contribution in [3.63, 3.8) is 0 Å². The number of amidine groups is 1. The lowest BCUT2D eigenvalue weighted by Gasteiger charge is -2.21. The number of primary amides is 1. The summed E-state index contributed by atoms with van der Waals surface area (Å²) in [6, 6.07) is -0.0101. The van der Waals surface area contributed by atoms with Crippen LogP contribution in [0.1, 0.15) is 39.0 Å². The molecule has 2 rings (SSSR count). The summed E-state index contributed by atoms with van der Waals surface area (Å²) in [5.41, 5.74) is 5.45. The molecule has 1 aliphatic heterocycles. The maximum atomic E-state index is 10.8. The number of hydrogen-bond donors (Lipinski definition) is 2. The lowest BCUT2D eigenvalue weighted by molar-refractivity contribution is -0.118. The fourth-order valence-corrected chi connectivity index (χ4v) is 3.75. The van der Waals surface area contributed by atoms with Crippen molar-refractivity contribution in [3.8, 4) is 0 Å². The maximum Gasteiger partial charge on any atom is 0.219 e. The molecule has 1 unspecified atom stereocenters. The van der Waals surface area contributed by atoms with Gasteiger partial charge in [-0.1, -0.05) is 24.6 Å². The number of carbonyl (C=O) groups is 1. The summed E-state index contributed by atoms with van der Waals surface area (Å²) < 4.78 is 0. The molecule has 1 amide bonds. The topological polar surface area (TPSA) is 67.5 Å². The van der Waals surface area contributed by atoms with Crippen LogP contribution in [0.15, 0.2) is 4.99 Å². The molecule has 0 radical (unpaired) electrons. The van der Waals surface area contributed by atoms with Crippen LogP contribution in [-0.4, -0.2) is 28.4 Å². The quantitative estimate of drug-likeness (QED) is 0.781. The van der Waals surface area contributed by atoms with E-state index in [2.05, 4.69) is 10.3 Å². The molecular formula is C11H19N3OS. The van der Waals surface area contributed by atoms with Crippen LogP contribution >= 0.6 is 11.8 Å². The fraction of sp³-hybridized carbons (Fsp3) is 0.818. The standard InChI is InChI=1S/C11H19N3OS/c1-8(6-9(12)15)13-10-14-11(7-16-10)4-2-3-5-11/h8H,2-7H2,1H3,(H2,12,15)(H,13,14). The molecular weight excluding hydrogens is 222 g/mol. The van der Waals surface area contributed by atoms with E-state index in [1.807, 2.05) is 6.92 Å². The van der Waals surface area contributed by atoms with Crippen molar-refractivity contribution in [2.45, 2.75) is 50.6 Å².